The number of unbranched alkanes of at least 4 members (excludes halogenated alkanes) is 1. The third-order valence-electron chi connectivity index (χ3n) is 3.39. The van der Waals surface area contributed by atoms with Crippen LogP contribution >= 0.6 is 0 Å². The summed E-state index contributed by atoms with van der Waals surface area (Å²) in [5.74, 6) is 1.34. The summed E-state index contributed by atoms with van der Waals surface area (Å²) >= 11 is 0. The van der Waals surface area contributed by atoms with E-state index in [1.807, 2.05) is 6.92 Å². The smallest absolute Gasteiger partial charge is 0.0540 e. The molecule has 0 saturated heterocycles. The number of aliphatic hydroxyl groups excluding tert-OH is 1. The summed E-state index contributed by atoms with van der Waals surface area (Å²) in [4.78, 5) is 0. The van der Waals surface area contributed by atoms with Crippen molar-refractivity contribution in [1.29, 1.82) is 0 Å². The molecule has 0 aromatic heterocycles. The van der Waals surface area contributed by atoms with Gasteiger partial charge in [0.15, 0.2) is 0 Å². The monoisotopic (exact) mass is 200 g/mol. The van der Waals surface area contributed by atoms with Gasteiger partial charge in [0, 0.05) is 0 Å². The van der Waals surface area contributed by atoms with Crippen molar-refractivity contribution in [2.75, 3.05) is 0 Å². The average Bonchev–Trinajstić information content (AvgIpc) is 2.18. The Morgan fingerprint density at radius 1 is 1.07 bits per heavy atom. The van der Waals surface area contributed by atoms with Gasteiger partial charge in [-0.3, -0.25) is 0 Å². The first-order chi connectivity index (χ1) is 6.65. The second-order valence-electron chi connectivity index (χ2n) is 4.56. The van der Waals surface area contributed by atoms with Gasteiger partial charge in [-0.15, -0.1) is 0 Å². The van der Waals surface area contributed by atoms with Gasteiger partial charge in [0.25, 0.3) is 0 Å². The van der Waals surface area contributed by atoms with Gasteiger partial charge in [-0.2, -0.15) is 0 Å². The van der Waals surface area contributed by atoms with Crippen molar-refractivity contribution in [2.24, 2.45) is 11.8 Å². The van der Waals surface area contributed by atoms with Crippen LogP contribution in [0.1, 0.15) is 66.2 Å². The molecular weight excluding hydrogens is 172 g/mol. The van der Waals surface area contributed by atoms with E-state index >= 15 is 0 Å². The summed E-state index contributed by atoms with van der Waals surface area (Å²) in [5.41, 5.74) is 0. The Morgan fingerprint density at radius 3 is 2.07 bits per heavy atom. The quantitative estimate of drug-likeness (QED) is 0.628. The van der Waals surface area contributed by atoms with Gasteiger partial charge in [0.05, 0.1) is 6.10 Å². The highest BCUT2D eigenvalue weighted by Crippen LogP contribution is 2.25. The molecule has 0 aliphatic carbocycles. The van der Waals surface area contributed by atoms with Crippen LogP contribution in [0, 0.1) is 11.8 Å². The van der Waals surface area contributed by atoms with Crippen LogP contribution in [-0.2, 0) is 0 Å². The lowest BCUT2D eigenvalue weighted by molar-refractivity contribution is 0.104. The molecule has 1 N–H and O–H groups in total. The van der Waals surface area contributed by atoms with E-state index in [2.05, 4.69) is 20.8 Å². The highest BCUT2D eigenvalue weighted by atomic mass is 16.3. The molecule has 0 fully saturated rings. The normalized spacial score (nSPS) is 17.8. The zero-order valence-electron chi connectivity index (χ0n) is 10.4. The Kier molecular flexibility index (Phi) is 8.26. The zero-order valence-corrected chi connectivity index (χ0v) is 10.4. The number of hydrogen-bond donors (Lipinski definition) is 1. The predicted octanol–water partition coefficient (Wildman–Crippen LogP) is 4.00. The van der Waals surface area contributed by atoms with E-state index in [-0.39, 0.29) is 6.10 Å². The van der Waals surface area contributed by atoms with E-state index in [0.717, 1.165) is 12.3 Å². The maximum atomic E-state index is 9.58. The summed E-state index contributed by atoms with van der Waals surface area (Å²) < 4.78 is 0. The maximum Gasteiger partial charge on any atom is 0.0540 e. The molecule has 3 unspecified atom stereocenters. The van der Waals surface area contributed by atoms with Crippen molar-refractivity contribution in [3.05, 3.63) is 0 Å². The van der Waals surface area contributed by atoms with Gasteiger partial charge in [0.1, 0.15) is 0 Å². The molecule has 0 spiro atoms. The topological polar surface area (TPSA) is 20.2 Å². The standard InChI is InChI=1S/C13H28O/c1-5-8-9-12(6-2)10-13(7-3)11(4)14/h11-14H,5-10H2,1-4H3. The third-order valence-corrected chi connectivity index (χ3v) is 3.39. The van der Waals surface area contributed by atoms with Crippen LogP contribution in [-0.4, -0.2) is 11.2 Å². The maximum absolute atomic E-state index is 9.58. The Bertz CT molecular complexity index is 120. The summed E-state index contributed by atoms with van der Waals surface area (Å²) in [6.45, 7) is 8.64. The van der Waals surface area contributed by atoms with Crippen molar-refractivity contribution in [2.45, 2.75) is 72.3 Å². The lowest BCUT2D eigenvalue weighted by atomic mass is 9.85. The fourth-order valence-corrected chi connectivity index (χ4v) is 2.11. The second-order valence-corrected chi connectivity index (χ2v) is 4.56. The lowest BCUT2D eigenvalue weighted by Gasteiger charge is -2.23. The Balaban J connectivity index is 3.87. The van der Waals surface area contributed by atoms with E-state index in [0.29, 0.717) is 5.92 Å². The molecule has 0 heterocycles. The minimum Gasteiger partial charge on any atom is -0.393 e. The van der Waals surface area contributed by atoms with Crippen molar-refractivity contribution in [1.82, 2.24) is 0 Å². The van der Waals surface area contributed by atoms with Crippen molar-refractivity contribution in [3.63, 3.8) is 0 Å². The van der Waals surface area contributed by atoms with Gasteiger partial charge in [-0.1, -0.05) is 52.9 Å². The Morgan fingerprint density at radius 2 is 1.71 bits per heavy atom. The SMILES string of the molecule is CCCCC(CC)CC(CC)C(C)O. The molecular formula is C13H28O. The van der Waals surface area contributed by atoms with Crippen molar-refractivity contribution in [3.8, 4) is 0 Å². The highest BCUT2D eigenvalue weighted by molar-refractivity contribution is 4.68. The fraction of sp³-hybridized carbons (Fsp3) is 1.00. The molecule has 1 nitrogen and oxygen atoms in total. The van der Waals surface area contributed by atoms with E-state index < -0.39 is 0 Å². The Labute approximate surface area is 89.9 Å². The van der Waals surface area contributed by atoms with Gasteiger partial charge in [-0.05, 0) is 25.2 Å². The molecule has 0 amide bonds. The van der Waals surface area contributed by atoms with E-state index in [1.165, 1.54) is 32.1 Å². The van der Waals surface area contributed by atoms with Gasteiger partial charge < -0.3 is 5.11 Å². The number of rotatable bonds is 8. The molecule has 0 aliphatic rings. The molecule has 0 saturated carbocycles. The highest BCUT2D eigenvalue weighted by Gasteiger charge is 2.17. The first-order valence-corrected chi connectivity index (χ1v) is 6.33. The second kappa shape index (κ2) is 8.28. The van der Waals surface area contributed by atoms with Crippen LogP contribution in [0.15, 0.2) is 0 Å². The predicted molar refractivity (Wildman–Crippen MR) is 63.4 cm³/mol. The fourth-order valence-electron chi connectivity index (χ4n) is 2.11. The van der Waals surface area contributed by atoms with Crippen molar-refractivity contribution >= 4 is 0 Å². The molecule has 0 aromatic carbocycles. The molecule has 0 aromatic rings. The van der Waals surface area contributed by atoms with E-state index in [9.17, 15) is 5.11 Å². The first-order valence-electron chi connectivity index (χ1n) is 6.33. The third kappa shape index (κ3) is 5.64. The largest absolute Gasteiger partial charge is 0.393 e. The van der Waals surface area contributed by atoms with Crippen LogP contribution in [0.25, 0.3) is 0 Å². The van der Waals surface area contributed by atoms with Gasteiger partial charge in [-0.25, -0.2) is 0 Å². The van der Waals surface area contributed by atoms with Crippen LogP contribution < -0.4 is 0 Å². The average molecular weight is 200 g/mol. The first kappa shape index (κ1) is 14.0. The molecule has 0 radical (unpaired) electrons. The summed E-state index contributed by atoms with van der Waals surface area (Å²) in [5, 5.41) is 9.58. The Hall–Kier alpha value is -0.0400. The summed E-state index contributed by atoms with van der Waals surface area (Å²) in [7, 11) is 0. The molecule has 0 rings (SSSR count). The van der Waals surface area contributed by atoms with Crippen LogP contribution in [0.4, 0.5) is 0 Å². The van der Waals surface area contributed by atoms with Crippen molar-refractivity contribution < 1.29 is 5.11 Å². The molecule has 86 valence electrons. The van der Waals surface area contributed by atoms with Gasteiger partial charge >= 0.3 is 0 Å². The number of hydrogen-bond acceptors (Lipinski definition) is 1. The minimum atomic E-state index is -0.129. The molecule has 1 heteroatoms. The van der Waals surface area contributed by atoms with Gasteiger partial charge in [0.2, 0.25) is 0 Å². The summed E-state index contributed by atoms with van der Waals surface area (Å²) in [6.07, 6.45) is 7.44. The van der Waals surface area contributed by atoms with E-state index in [1.54, 1.807) is 0 Å². The van der Waals surface area contributed by atoms with Crippen LogP contribution in [0.2, 0.25) is 0 Å². The number of aliphatic hydroxyl groups is 1. The minimum absolute atomic E-state index is 0.129. The molecule has 0 aliphatic heterocycles. The zero-order chi connectivity index (χ0) is 11.0. The van der Waals surface area contributed by atoms with E-state index in [4.69, 9.17) is 0 Å². The summed E-state index contributed by atoms with van der Waals surface area (Å²) in [6, 6.07) is 0. The van der Waals surface area contributed by atoms with Crippen LogP contribution in [0.3, 0.4) is 0 Å². The molecule has 3 atom stereocenters. The van der Waals surface area contributed by atoms with Crippen LogP contribution in [0.5, 0.6) is 0 Å². The molecule has 14 heavy (non-hydrogen) atoms. The molecule has 0 bridgehead atoms. The lowest BCUT2D eigenvalue weighted by Crippen LogP contribution is -2.19.